The van der Waals surface area contributed by atoms with E-state index in [0.29, 0.717) is 10.8 Å². The first-order valence-corrected chi connectivity index (χ1v) is 8.04. The predicted molar refractivity (Wildman–Crippen MR) is 77.4 cm³/mol. The van der Waals surface area contributed by atoms with E-state index < -0.39 is 0 Å². The third-order valence-corrected chi connectivity index (χ3v) is 7.09. The summed E-state index contributed by atoms with van der Waals surface area (Å²) < 4.78 is 0. The smallest absolute Gasteiger partial charge is 0.0160 e. The first kappa shape index (κ1) is 13.0. The van der Waals surface area contributed by atoms with Gasteiger partial charge in [-0.25, -0.2) is 0 Å². The Labute approximate surface area is 113 Å². The largest absolute Gasteiger partial charge is 0.300 e. The third-order valence-electron chi connectivity index (χ3n) is 7.09. The fraction of sp³-hybridized carbons (Fsp3) is 1.00. The van der Waals surface area contributed by atoms with Crippen LogP contribution in [0.5, 0.6) is 0 Å². The van der Waals surface area contributed by atoms with Gasteiger partial charge in [-0.3, -0.25) is 0 Å². The molecule has 0 heterocycles. The van der Waals surface area contributed by atoms with Crippen LogP contribution in [0.4, 0.5) is 0 Å². The van der Waals surface area contributed by atoms with Crippen LogP contribution in [0.1, 0.15) is 48.5 Å². The maximum Gasteiger partial charge on any atom is 0.0160 e. The van der Waals surface area contributed by atoms with Gasteiger partial charge in [0.1, 0.15) is 0 Å². The van der Waals surface area contributed by atoms with Gasteiger partial charge in [0.25, 0.3) is 0 Å². The summed E-state index contributed by atoms with van der Waals surface area (Å²) in [4.78, 5) is 2.75. The van der Waals surface area contributed by atoms with E-state index in [0.717, 1.165) is 35.6 Å². The molecule has 3 aliphatic rings. The van der Waals surface area contributed by atoms with Gasteiger partial charge >= 0.3 is 0 Å². The van der Waals surface area contributed by atoms with Crippen molar-refractivity contribution in [2.45, 2.75) is 54.5 Å². The molecule has 1 heteroatoms. The summed E-state index contributed by atoms with van der Waals surface area (Å²) in [6.45, 7) is 19.8. The zero-order chi connectivity index (χ0) is 13.5. The Balaban J connectivity index is 1.92. The Hall–Kier alpha value is -0.0400. The molecule has 0 aromatic heterocycles. The van der Waals surface area contributed by atoms with Crippen LogP contribution in [0, 0.1) is 40.4 Å². The molecule has 0 aromatic carbocycles. The molecule has 3 fully saturated rings. The highest BCUT2D eigenvalue weighted by Crippen LogP contribution is 2.82. The molecule has 0 aliphatic heterocycles. The standard InChI is InChI=1S/C17H31N/c1-8-18(9-2)15-10(3)11-12(16(11,4)5)13-14(15)17(13,6)7/h10-15H,8-9H2,1-7H3/t10-,11?,12?,13?,14?,15+/m0/s1. The van der Waals surface area contributed by atoms with E-state index in [1.165, 1.54) is 13.1 Å². The Morgan fingerprint density at radius 1 is 0.778 bits per heavy atom. The Bertz CT molecular complexity index is 353. The molecular formula is C17H31N. The van der Waals surface area contributed by atoms with Crippen molar-refractivity contribution in [1.82, 2.24) is 4.90 Å². The van der Waals surface area contributed by atoms with Gasteiger partial charge in [0.2, 0.25) is 0 Å². The molecule has 18 heavy (non-hydrogen) atoms. The van der Waals surface area contributed by atoms with Gasteiger partial charge in [0.05, 0.1) is 0 Å². The summed E-state index contributed by atoms with van der Waals surface area (Å²) in [6, 6.07) is 0.850. The second kappa shape index (κ2) is 3.53. The number of hydrogen-bond acceptors (Lipinski definition) is 1. The van der Waals surface area contributed by atoms with E-state index in [4.69, 9.17) is 0 Å². The van der Waals surface area contributed by atoms with E-state index >= 15 is 0 Å². The van der Waals surface area contributed by atoms with Gasteiger partial charge in [-0.05, 0) is 53.5 Å². The number of rotatable bonds is 3. The molecule has 0 N–H and O–H groups in total. The van der Waals surface area contributed by atoms with Crippen LogP contribution < -0.4 is 0 Å². The van der Waals surface area contributed by atoms with Crippen LogP contribution in [0.25, 0.3) is 0 Å². The van der Waals surface area contributed by atoms with Crippen molar-refractivity contribution in [3.63, 3.8) is 0 Å². The number of nitrogens with zero attached hydrogens (tertiary/aromatic N) is 1. The second-order valence-electron chi connectivity index (χ2n) is 8.32. The molecule has 104 valence electrons. The average molecular weight is 249 g/mol. The average Bonchev–Trinajstić information content (AvgIpc) is 3.05. The van der Waals surface area contributed by atoms with Crippen LogP contribution >= 0.6 is 0 Å². The molecule has 6 atom stereocenters. The minimum Gasteiger partial charge on any atom is -0.300 e. The molecule has 3 aliphatic carbocycles. The SMILES string of the molecule is CCN(CC)[C@H]1C2C(C3C([C@@H]1C)C3(C)C)C2(C)C. The van der Waals surface area contributed by atoms with Crippen molar-refractivity contribution in [2.75, 3.05) is 13.1 Å². The minimum atomic E-state index is 0.606. The van der Waals surface area contributed by atoms with Gasteiger partial charge in [0, 0.05) is 6.04 Å². The van der Waals surface area contributed by atoms with Crippen LogP contribution in [-0.2, 0) is 0 Å². The first-order chi connectivity index (χ1) is 8.30. The van der Waals surface area contributed by atoms with Crippen molar-refractivity contribution in [3.8, 4) is 0 Å². The van der Waals surface area contributed by atoms with Crippen LogP contribution in [0.3, 0.4) is 0 Å². The highest BCUT2D eigenvalue weighted by atomic mass is 15.2. The quantitative estimate of drug-likeness (QED) is 0.733. The van der Waals surface area contributed by atoms with E-state index in [1.807, 2.05) is 0 Å². The zero-order valence-electron chi connectivity index (χ0n) is 13.3. The van der Waals surface area contributed by atoms with E-state index in [9.17, 15) is 0 Å². The molecule has 0 spiro atoms. The summed E-state index contributed by atoms with van der Waals surface area (Å²) in [5.41, 5.74) is 1.23. The minimum absolute atomic E-state index is 0.606. The van der Waals surface area contributed by atoms with E-state index in [1.54, 1.807) is 0 Å². The van der Waals surface area contributed by atoms with Gasteiger partial charge in [0.15, 0.2) is 0 Å². The maximum atomic E-state index is 2.75. The molecule has 1 nitrogen and oxygen atoms in total. The van der Waals surface area contributed by atoms with E-state index in [2.05, 4.69) is 53.4 Å². The lowest BCUT2D eigenvalue weighted by atomic mass is 9.83. The Morgan fingerprint density at radius 2 is 1.22 bits per heavy atom. The van der Waals surface area contributed by atoms with Crippen molar-refractivity contribution < 1.29 is 0 Å². The van der Waals surface area contributed by atoms with Crippen molar-refractivity contribution in [3.05, 3.63) is 0 Å². The summed E-state index contributed by atoms with van der Waals surface area (Å²) >= 11 is 0. The van der Waals surface area contributed by atoms with Crippen LogP contribution in [0.2, 0.25) is 0 Å². The topological polar surface area (TPSA) is 3.24 Å². The fourth-order valence-electron chi connectivity index (χ4n) is 6.21. The molecule has 0 saturated heterocycles. The van der Waals surface area contributed by atoms with Gasteiger partial charge in [-0.15, -0.1) is 0 Å². The van der Waals surface area contributed by atoms with Crippen molar-refractivity contribution in [2.24, 2.45) is 40.4 Å². The zero-order valence-corrected chi connectivity index (χ0v) is 13.3. The lowest BCUT2D eigenvalue weighted by Gasteiger charge is -2.38. The molecule has 0 aromatic rings. The first-order valence-electron chi connectivity index (χ1n) is 8.04. The van der Waals surface area contributed by atoms with Gasteiger partial charge in [-0.2, -0.15) is 0 Å². The summed E-state index contributed by atoms with van der Waals surface area (Å²) in [5.74, 6) is 4.90. The van der Waals surface area contributed by atoms with Gasteiger partial charge < -0.3 is 4.90 Å². The molecule has 3 saturated carbocycles. The number of hydrogen-bond donors (Lipinski definition) is 0. The van der Waals surface area contributed by atoms with Crippen LogP contribution in [-0.4, -0.2) is 24.0 Å². The molecule has 0 bridgehead atoms. The lowest BCUT2D eigenvalue weighted by molar-refractivity contribution is 0.0975. The molecule has 0 amide bonds. The highest BCUT2D eigenvalue weighted by Gasteiger charge is 2.80. The van der Waals surface area contributed by atoms with Crippen LogP contribution in [0.15, 0.2) is 0 Å². The number of fused-ring (bicyclic) bond motifs is 3. The molecule has 3 rings (SSSR count). The Kier molecular flexibility index (Phi) is 2.55. The normalized spacial score (nSPS) is 50.7. The molecular weight excluding hydrogens is 218 g/mol. The van der Waals surface area contributed by atoms with Crippen molar-refractivity contribution >= 4 is 0 Å². The van der Waals surface area contributed by atoms with Crippen molar-refractivity contribution in [1.29, 1.82) is 0 Å². The fourth-order valence-corrected chi connectivity index (χ4v) is 6.21. The maximum absolute atomic E-state index is 2.75. The highest BCUT2D eigenvalue weighted by molar-refractivity contribution is 5.28. The predicted octanol–water partition coefficient (Wildman–Crippen LogP) is 3.89. The summed E-state index contributed by atoms with van der Waals surface area (Å²) in [5, 5.41) is 0. The second-order valence-corrected chi connectivity index (χ2v) is 8.32. The lowest BCUT2D eigenvalue weighted by Crippen LogP contribution is -2.44. The third kappa shape index (κ3) is 1.32. The van der Waals surface area contributed by atoms with E-state index in [-0.39, 0.29) is 0 Å². The summed E-state index contributed by atoms with van der Waals surface area (Å²) in [7, 11) is 0. The summed E-state index contributed by atoms with van der Waals surface area (Å²) in [6.07, 6.45) is 0. The Morgan fingerprint density at radius 3 is 1.72 bits per heavy atom. The van der Waals surface area contributed by atoms with Gasteiger partial charge in [-0.1, -0.05) is 48.5 Å². The monoisotopic (exact) mass is 249 g/mol. The molecule has 0 radical (unpaired) electrons. The molecule has 4 unspecified atom stereocenters.